The molecule has 1 aromatic carbocycles. The third-order valence-corrected chi connectivity index (χ3v) is 4.92. The first-order valence-corrected chi connectivity index (χ1v) is 9.41. The van der Waals surface area contributed by atoms with Crippen molar-refractivity contribution in [2.45, 2.75) is 52.5 Å². The quantitative estimate of drug-likeness (QED) is 0.573. The van der Waals surface area contributed by atoms with Crippen molar-refractivity contribution in [3.63, 3.8) is 0 Å². The fraction of sp³-hybridized carbons (Fsp3) is 0.400. The lowest BCUT2D eigenvalue weighted by Gasteiger charge is -2.13. The van der Waals surface area contributed by atoms with Crippen LogP contribution in [0.2, 0.25) is 0 Å². The molecule has 1 heterocycles. The van der Waals surface area contributed by atoms with Crippen molar-refractivity contribution < 1.29 is 14.1 Å². The Morgan fingerprint density at radius 2 is 2.04 bits per heavy atom. The molecule has 0 saturated heterocycles. The van der Waals surface area contributed by atoms with Gasteiger partial charge < -0.3 is 9.73 Å². The zero-order chi connectivity index (χ0) is 20.3. The monoisotopic (exact) mass is 384 g/mol. The number of anilines is 1. The molecule has 0 radical (unpaired) electrons. The van der Waals surface area contributed by atoms with E-state index in [9.17, 15) is 14.9 Å². The van der Waals surface area contributed by atoms with Crippen molar-refractivity contribution in [1.29, 1.82) is 0 Å². The van der Waals surface area contributed by atoms with Gasteiger partial charge in [0.2, 0.25) is 0 Å². The molecule has 2 aromatic rings. The summed E-state index contributed by atoms with van der Waals surface area (Å²) in [6, 6.07) is 6.15. The van der Waals surface area contributed by atoms with E-state index in [4.69, 9.17) is 4.42 Å². The van der Waals surface area contributed by atoms with Crippen LogP contribution >= 0.6 is 0 Å². The number of nitro benzene ring substituents is 1. The average Bonchev–Trinajstić information content (AvgIpc) is 3.04. The lowest BCUT2D eigenvalue weighted by Crippen LogP contribution is -2.32. The second-order valence-electron chi connectivity index (χ2n) is 6.96. The second-order valence-corrected chi connectivity index (χ2v) is 6.96. The molecule has 0 aliphatic heterocycles. The Morgan fingerprint density at radius 3 is 2.68 bits per heavy atom. The van der Waals surface area contributed by atoms with Crippen LogP contribution in [0.4, 0.5) is 11.4 Å². The summed E-state index contributed by atoms with van der Waals surface area (Å²) < 4.78 is 5.87. The molecule has 1 unspecified atom stereocenters. The molecule has 0 bridgehead atoms. The number of hydrazone groups is 1. The molecule has 3 rings (SSSR count). The largest absolute Gasteiger partial charge is 0.455 e. The standard InChI is InChI=1S/C20H24N4O4/c1-4-12(2)21-20(25)19-13(3)18-16(6-5-7-17(18)28-19)23-22-14-8-10-15(11-9-14)24(26)27/h8-12,22H,4-7H2,1-3H3,(H,21,25)/b23-16+. The lowest BCUT2D eigenvalue weighted by molar-refractivity contribution is -0.384. The van der Waals surface area contributed by atoms with E-state index in [-0.39, 0.29) is 17.6 Å². The van der Waals surface area contributed by atoms with Gasteiger partial charge in [-0.05, 0) is 45.2 Å². The van der Waals surface area contributed by atoms with E-state index in [1.807, 2.05) is 20.8 Å². The van der Waals surface area contributed by atoms with Gasteiger partial charge in [-0.3, -0.25) is 20.3 Å². The number of nitrogens with zero attached hydrogens (tertiary/aromatic N) is 2. The summed E-state index contributed by atoms with van der Waals surface area (Å²) in [5.41, 5.74) is 6.13. The van der Waals surface area contributed by atoms with Crippen LogP contribution in [-0.4, -0.2) is 22.6 Å². The normalized spacial score (nSPS) is 15.8. The SMILES string of the molecule is CCC(C)NC(=O)c1oc2c(c1C)/C(=N/Nc1ccc([N+](=O)[O-])cc1)CCC2. The molecule has 1 amide bonds. The predicted molar refractivity (Wildman–Crippen MR) is 107 cm³/mol. The van der Waals surface area contributed by atoms with Crippen molar-refractivity contribution in [3.05, 3.63) is 57.0 Å². The number of rotatable bonds is 6. The van der Waals surface area contributed by atoms with Gasteiger partial charge in [-0.25, -0.2) is 0 Å². The molecule has 148 valence electrons. The number of non-ortho nitro benzene ring substituents is 1. The molecular weight excluding hydrogens is 360 g/mol. The van der Waals surface area contributed by atoms with Crippen LogP contribution in [0, 0.1) is 17.0 Å². The van der Waals surface area contributed by atoms with E-state index in [1.54, 1.807) is 12.1 Å². The molecular formula is C20H24N4O4. The number of carbonyl (C=O) groups is 1. The van der Waals surface area contributed by atoms with Crippen LogP contribution in [0.15, 0.2) is 33.8 Å². The summed E-state index contributed by atoms with van der Waals surface area (Å²) in [5.74, 6) is 0.918. The van der Waals surface area contributed by atoms with Crippen molar-refractivity contribution >= 4 is 23.0 Å². The molecule has 1 aliphatic carbocycles. The smallest absolute Gasteiger partial charge is 0.287 e. The lowest BCUT2D eigenvalue weighted by atomic mass is 9.93. The van der Waals surface area contributed by atoms with Crippen LogP contribution in [-0.2, 0) is 6.42 Å². The van der Waals surface area contributed by atoms with E-state index in [0.29, 0.717) is 11.4 Å². The van der Waals surface area contributed by atoms with Gasteiger partial charge in [0.25, 0.3) is 11.6 Å². The molecule has 1 aromatic heterocycles. The summed E-state index contributed by atoms with van der Waals surface area (Å²) in [7, 11) is 0. The fourth-order valence-corrected chi connectivity index (χ4v) is 3.18. The maximum Gasteiger partial charge on any atom is 0.287 e. The first kappa shape index (κ1) is 19.6. The number of carbonyl (C=O) groups excluding carboxylic acids is 1. The highest BCUT2D eigenvalue weighted by molar-refractivity contribution is 6.06. The van der Waals surface area contributed by atoms with Gasteiger partial charge >= 0.3 is 0 Å². The van der Waals surface area contributed by atoms with Crippen molar-refractivity contribution in [3.8, 4) is 0 Å². The van der Waals surface area contributed by atoms with E-state index >= 15 is 0 Å². The molecule has 0 saturated carbocycles. The number of fused-ring (bicyclic) bond motifs is 1. The van der Waals surface area contributed by atoms with E-state index < -0.39 is 4.92 Å². The topological polar surface area (TPSA) is 110 Å². The molecule has 1 aliphatic rings. The minimum atomic E-state index is -0.441. The molecule has 2 N–H and O–H groups in total. The third-order valence-electron chi connectivity index (χ3n) is 4.92. The minimum Gasteiger partial charge on any atom is -0.455 e. The maximum atomic E-state index is 12.5. The minimum absolute atomic E-state index is 0.0285. The molecule has 1 atom stereocenters. The highest BCUT2D eigenvalue weighted by Crippen LogP contribution is 2.30. The first-order valence-electron chi connectivity index (χ1n) is 9.41. The summed E-state index contributed by atoms with van der Waals surface area (Å²) in [4.78, 5) is 22.8. The average molecular weight is 384 g/mol. The van der Waals surface area contributed by atoms with Gasteiger partial charge in [-0.2, -0.15) is 5.10 Å². The van der Waals surface area contributed by atoms with Crippen molar-refractivity contribution in [1.82, 2.24) is 5.32 Å². The van der Waals surface area contributed by atoms with Crippen LogP contribution in [0.5, 0.6) is 0 Å². The zero-order valence-electron chi connectivity index (χ0n) is 16.2. The Hall–Kier alpha value is -3.16. The van der Waals surface area contributed by atoms with E-state index in [2.05, 4.69) is 15.8 Å². The number of benzene rings is 1. The van der Waals surface area contributed by atoms with Crippen LogP contribution < -0.4 is 10.7 Å². The number of nitrogens with one attached hydrogen (secondary N) is 2. The number of nitro groups is 1. The van der Waals surface area contributed by atoms with Gasteiger partial charge in [0, 0.05) is 35.7 Å². The zero-order valence-corrected chi connectivity index (χ0v) is 16.2. The van der Waals surface area contributed by atoms with Gasteiger partial charge in [0.1, 0.15) is 5.76 Å². The Kier molecular flexibility index (Phi) is 5.77. The molecule has 8 nitrogen and oxygen atoms in total. The number of hydrogen-bond donors (Lipinski definition) is 2. The highest BCUT2D eigenvalue weighted by Gasteiger charge is 2.28. The summed E-state index contributed by atoms with van der Waals surface area (Å²) >= 11 is 0. The van der Waals surface area contributed by atoms with Crippen molar-refractivity contribution in [2.24, 2.45) is 5.10 Å². The van der Waals surface area contributed by atoms with E-state index in [0.717, 1.165) is 48.3 Å². The van der Waals surface area contributed by atoms with Gasteiger partial charge in [-0.15, -0.1) is 0 Å². The Morgan fingerprint density at radius 1 is 1.32 bits per heavy atom. The first-order chi connectivity index (χ1) is 13.4. The van der Waals surface area contributed by atoms with E-state index in [1.165, 1.54) is 12.1 Å². The Labute approximate surface area is 163 Å². The van der Waals surface area contributed by atoms with Crippen LogP contribution in [0.1, 0.15) is 60.6 Å². The maximum absolute atomic E-state index is 12.5. The third kappa shape index (κ3) is 4.05. The van der Waals surface area contributed by atoms with Crippen LogP contribution in [0.25, 0.3) is 0 Å². The Bertz CT molecular complexity index is 915. The Balaban J connectivity index is 1.83. The van der Waals surface area contributed by atoms with Gasteiger partial charge in [0.05, 0.1) is 16.3 Å². The summed E-state index contributed by atoms with van der Waals surface area (Å²) in [6.45, 7) is 5.84. The number of furan rings is 1. The summed E-state index contributed by atoms with van der Waals surface area (Å²) in [5, 5.41) is 18.2. The molecule has 0 fully saturated rings. The van der Waals surface area contributed by atoms with Crippen LogP contribution in [0.3, 0.4) is 0 Å². The predicted octanol–water partition coefficient (Wildman–Crippen LogP) is 4.18. The molecule has 8 heteroatoms. The van der Waals surface area contributed by atoms with Gasteiger partial charge in [-0.1, -0.05) is 6.92 Å². The summed E-state index contributed by atoms with van der Waals surface area (Å²) in [6.07, 6.45) is 3.26. The molecule has 0 spiro atoms. The van der Waals surface area contributed by atoms with Crippen molar-refractivity contribution in [2.75, 3.05) is 5.43 Å². The highest BCUT2D eigenvalue weighted by atomic mass is 16.6. The number of aryl methyl sites for hydroxylation is 1. The number of amides is 1. The number of hydrogen-bond acceptors (Lipinski definition) is 6. The fourth-order valence-electron chi connectivity index (χ4n) is 3.18. The second kappa shape index (κ2) is 8.24. The molecule has 28 heavy (non-hydrogen) atoms. The van der Waals surface area contributed by atoms with Gasteiger partial charge in [0.15, 0.2) is 5.76 Å².